The molecule has 1 rings (SSSR count). The first kappa shape index (κ1) is 57.3. The Morgan fingerprint density at radius 1 is 0.403 bits per heavy atom. The Balaban J connectivity index is 1.71. The molecule has 0 fully saturated rings. The lowest BCUT2D eigenvalue weighted by Crippen LogP contribution is -2.20. The molecular formula is C41H67F5O16. The number of carbonyl (C=O) groups excluding carboxylic acids is 2. The van der Waals surface area contributed by atoms with Gasteiger partial charge in [0.2, 0.25) is 34.8 Å². The predicted octanol–water partition coefficient (Wildman–Crippen LogP) is 4.64. The van der Waals surface area contributed by atoms with Crippen molar-refractivity contribution >= 4 is 11.9 Å². The highest BCUT2D eigenvalue weighted by molar-refractivity contribution is 5.72. The normalized spacial score (nSPS) is 12.0. The first-order chi connectivity index (χ1) is 30.2. The van der Waals surface area contributed by atoms with E-state index >= 15 is 0 Å². The van der Waals surface area contributed by atoms with Gasteiger partial charge in [0.25, 0.3) is 0 Å². The standard InChI is InChI=1S/C41H67F5O16/c1-3-5-6-33(4-2)41(48)61-32-31-60-30-29-59-28-27-58-26-25-57-24-23-56-22-21-55-20-19-54-18-17-53-16-15-52-14-13-51-12-11-50-10-9-49-8-7-34(47)62-40-38(45)36(43)35(42)37(44)39(40)46/h33H,3-32H2,1-2H3. The Hall–Kier alpha value is -2.67. The van der Waals surface area contributed by atoms with Crippen LogP contribution >= 0.6 is 0 Å². The molecule has 0 spiro atoms. The lowest BCUT2D eigenvalue weighted by atomic mass is 10.00. The average molecular weight is 911 g/mol. The summed E-state index contributed by atoms with van der Waals surface area (Å²) in [5.74, 6) is -14.3. The minimum Gasteiger partial charge on any atom is -0.463 e. The van der Waals surface area contributed by atoms with Crippen LogP contribution in [0.2, 0.25) is 0 Å². The zero-order valence-corrected chi connectivity index (χ0v) is 36.2. The van der Waals surface area contributed by atoms with Crippen molar-refractivity contribution in [3.05, 3.63) is 29.1 Å². The molecule has 0 radical (unpaired) electrons. The molecule has 1 atom stereocenters. The van der Waals surface area contributed by atoms with Gasteiger partial charge in [-0.15, -0.1) is 0 Å². The quantitative estimate of drug-likeness (QED) is 0.0222. The molecule has 0 saturated heterocycles. The molecule has 0 aliphatic carbocycles. The highest BCUT2D eigenvalue weighted by Crippen LogP contribution is 2.29. The SMILES string of the molecule is CCCCC(CC)C(=O)OCCOCCOCCOCCOCCOCCOCCOCCOCCOCCOCCOCCOCCC(=O)Oc1c(F)c(F)c(F)c(F)c1F. The lowest BCUT2D eigenvalue weighted by molar-refractivity contribution is -0.150. The zero-order chi connectivity index (χ0) is 45.3. The first-order valence-corrected chi connectivity index (χ1v) is 21.1. The summed E-state index contributed by atoms with van der Waals surface area (Å²) in [4.78, 5) is 23.7. The Morgan fingerprint density at radius 2 is 0.677 bits per heavy atom. The molecule has 0 amide bonds. The maximum absolute atomic E-state index is 13.6. The van der Waals surface area contributed by atoms with Gasteiger partial charge in [-0.1, -0.05) is 26.7 Å². The second-order valence-corrected chi connectivity index (χ2v) is 12.9. The molecule has 0 N–H and O–H groups in total. The van der Waals surface area contributed by atoms with Gasteiger partial charge in [0.15, 0.2) is 0 Å². The molecule has 16 nitrogen and oxygen atoms in total. The van der Waals surface area contributed by atoms with Crippen molar-refractivity contribution < 1.29 is 97.9 Å². The monoisotopic (exact) mass is 910 g/mol. The average Bonchev–Trinajstić information content (AvgIpc) is 3.27. The third-order valence-electron chi connectivity index (χ3n) is 8.13. The fraction of sp³-hybridized carbons (Fsp3) is 0.805. The molecule has 62 heavy (non-hydrogen) atoms. The highest BCUT2D eigenvalue weighted by atomic mass is 19.2. The molecule has 0 aliphatic heterocycles. The number of rotatable bonds is 45. The molecule has 1 aromatic carbocycles. The zero-order valence-electron chi connectivity index (χ0n) is 36.2. The molecule has 0 aliphatic rings. The first-order valence-electron chi connectivity index (χ1n) is 21.1. The van der Waals surface area contributed by atoms with Crippen molar-refractivity contribution in [1.82, 2.24) is 0 Å². The van der Waals surface area contributed by atoms with E-state index in [1.54, 1.807) is 0 Å². The van der Waals surface area contributed by atoms with E-state index in [2.05, 4.69) is 11.7 Å². The van der Waals surface area contributed by atoms with E-state index in [0.29, 0.717) is 132 Å². The van der Waals surface area contributed by atoms with Gasteiger partial charge in [-0.05, 0) is 12.8 Å². The molecule has 1 unspecified atom stereocenters. The predicted molar refractivity (Wildman–Crippen MR) is 211 cm³/mol. The van der Waals surface area contributed by atoms with E-state index in [4.69, 9.17) is 61.6 Å². The van der Waals surface area contributed by atoms with Crippen molar-refractivity contribution in [2.24, 2.45) is 5.92 Å². The molecule has 362 valence electrons. The van der Waals surface area contributed by atoms with Gasteiger partial charge in [0.05, 0.1) is 171 Å². The van der Waals surface area contributed by atoms with Crippen LogP contribution in [-0.2, 0) is 71.2 Å². The van der Waals surface area contributed by atoms with Crippen LogP contribution in [0.1, 0.15) is 46.0 Å². The molecule has 0 saturated carbocycles. The van der Waals surface area contributed by atoms with Crippen molar-refractivity contribution in [2.75, 3.05) is 165 Å². The van der Waals surface area contributed by atoms with Crippen LogP contribution in [0.3, 0.4) is 0 Å². The third kappa shape index (κ3) is 30.4. The van der Waals surface area contributed by atoms with Gasteiger partial charge < -0.3 is 66.3 Å². The Labute approximate surface area is 361 Å². The number of halogens is 5. The summed E-state index contributed by atoms with van der Waals surface area (Å²) in [6.45, 7) is 13.0. The van der Waals surface area contributed by atoms with Gasteiger partial charge in [-0.3, -0.25) is 9.59 Å². The Bertz CT molecular complexity index is 1230. The van der Waals surface area contributed by atoms with Crippen molar-refractivity contribution in [3.63, 3.8) is 0 Å². The summed E-state index contributed by atoms with van der Waals surface area (Å²) >= 11 is 0. The van der Waals surface area contributed by atoms with Crippen LogP contribution in [0.5, 0.6) is 5.75 Å². The number of esters is 2. The Kier molecular flexibility index (Phi) is 38.0. The number of hydrogen-bond donors (Lipinski definition) is 0. The second kappa shape index (κ2) is 41.1. The van der Waals surface area contributed by atoms with E-state index in [1.165, 1.54) is 0 Å². The van der Waals surface area contributed by atoms with Gasteiger partial charge in [-0.2, -0.15) is 8.78 Å². The maximum atomic E-state index is 13.6. The number of ether oxygens (including phenoxy) is 14. The van der Waals surface area contributed by atoms with Gasteiger partial charge in [0.1, 0.15) is 6.61 Å². The topological polar surface area (TPSA) is 163 Å². The van der Waals surface area contributed by atoms with Crippen LogP contribution in [-0.4, -0.2) is 177 Å². The summed E-state index contributed by atoms with van der Waals surface area (Å²) < 4.78 is 141. The van der Waals surface area contributed by atoms with Crippen LogP contribution < -0.4 is 4.74 Å². The molecule has 0 aromatic heterocycles. The largest absolute Gasteiger partial charge is 0.463 e. The lowest BCUT2D eigenvalue weighted by Gasteiger charge is -2.13. The maximum Gasteiger partial charge on any atom is 0.313 e. The van der Waals surface area contributed by atoms with E-state index in [-0.39, 0.29) is 44.9 Å². The third-order valence-corrected chi connectivity index (χ3v) is 8.13. The smallest absolute Gasteiger partial charge is 0.313 e. The summed E-state index contributed by atoms with van der Waals surface area (Å²) in [7, 11) is 0. The van der Waals surface area contributed by atoms with E-state index < -0.39 is 47.2 Å². The van der Waals surface area contributed by atoms with Gasteiger partial charge in [-0.25, -0.2) is 13.2 Å². The van der Waals surface area contributed by atoms with Crippen LogP contribution in [0, 0.1) is 35.0 Å². The molecule has 0 bridgehead atoms. The van der Waals surface area contributed by atoms with Gasteiger partial charge in [0, 0.05) is 0 Å². The van der Waals surface area contributed by atoms with Crippen molar-refractivity contribution in [3.8, 4) is 5.75 Å². The summed E-state index contributed by atoms with van der Waals surface area (Å²) in [5.41, 5.74) is 0. The fourth-order valence-corrected chi connectivity index (χ4v) is 4.77. The minimum absolute atomic E-state index is 0.0242. The van der Waals surface area contributed by atoms with Gasteiger partial charge >= 0.3 is 11.9 Å². The van der Waals surface area contributed by atoms with Crippen LogP contribution in [0.25, 0.3) is 0 Å². The molecular weight excluding hydrogens is 843 g/mol. The van der Waals surface area contributed by atoms with Crippen molar-refractivity contribution in [2.45, 2.75) is 46.0 Å². The van der Waals surface area contributed by atoms with E-state index in [9.17, 15) is 31.5 Å². The molecule has 21 heteroatoms. The number of carbonyl (C=O) groups is 2. The van der Waals surface area contributed by atoms with E-state index in [0.717, 1.165) is 25.7 Å². The Morgan fingerprint density at radius 3 is 0.968 bits per heavy atom. The molecule has 1 aromatic rings. The number of unbranched alkanes of at least 4 members (excludes halogenated alkanes) is 1. The molecule has 0 heterocycles. The van der Waals surface area contributed by atoms with Crippen molar-refractivity contribution in [1.29, 1.82) is 0 Å². The van der Waals surface area contributed by atoms with Crippen LogP contribution in [0.4, 0.5) is 22.0 Å². The minimum atomic E-state index is -2.35. The number of hydrogen-bond acceptors (Lipinski definition) is 16. The summed E-state index contributed by atoms with van der Waals surface area (Å²) in [6, 6.07) is 0. The summed E-state index contributed by atoms with van der Waals surface area (Å²) in [5, 5.41) is 0. The van der Waals surface area contributed by atoms with E-state index in [1.807, 2.05) is 6.92 Å². The summed E-state index contributed by atoms with van der Waals surface area (Å²) in [6.07, 6.45) is 3.27. The van der Waals surface area contributed by atoms with Crippen LogP contribution in [0.15, 0.2) is 0 Å². The number of benzene rings is 1. The highest BCUT2D eigenvalue weighted by Gasteiger charge is 2.28. The fourth-order valence-electron chi connectivity index (χ4n) is 4.77. The second-order valence-electron chi connectivity index (χ2n) is 12.9.